The van der Waals surface area contributed by atoms with Crippen LogP contribution >= 0.6 is 0 Å². The fourth-order valence-corrected chi connectivity index (χ4v) is 3.42. The van der Waals surface area contributed by atoms with E-state index in [9.17, 15) is 18.4 Å². The van der Waals surface area contributed by atoms with Gasteiger partial charge in [0, 0.05) is 31.4 Å². The number of nitrogens with one attached hydrogen (secondary N) is 1. The van der Waals surface area contributed by atoms with Crippen molar-refractivity contribution in [1.29, 1.82) is 5.41 Å². The van der Waals surface area contributed by atoms with Crippen molar-refractivity contribution < 1.29 is 32.6 Å². The van der Waals surface area contributed by atoms with Gasteiger partial charge in [0.15, 0.2) is 17.4 Å². The monoisotopic (exact) mass is 379 g/mol. The number of carbonyl (C=O) groups excluding carboxylic acids is 2. The Balaban J connectivity index is 2.06. The summed E-state index contributed by atoms with van der Waals surface area (Å²) in [7, 11) is 1.45. The van der Waals surface area contributed by atoms with E-state index >= 15 is 0 Å². The zero-order valence-electron chi connectivity index (χ0n) is 14.7. The van der Waals surface area contributed by atoms with Crippen LogP contribution in [0.2, 0.25) is 0 Å². The summed E-state index contributed by atoms with van der Waals surface area (Å²) in [5.74, 6) is -5.42. The minimum Gasteiger partial charge on any atom is -0.463 e. The molecule has 8 heteroatoms. The van der Waals surface area contributed by atoms with Gasteiger partial charge >= 0.3 is 5.97 Å². The standard InChI is InChI=1S/C19H19F2NO5/c1-25-7-8-26-19(24)17-15(10-5-6-11(20)12(21)9-10)16-13(23)3-2-4-14(16)27-18(17)22/h5-6,9,15,17,22H,2-4,7-8H2,1H3. The van der Waals surface area contributed by atoms with Gasteiger partial charge in [-0.2, -0.15) is 0 Å². The third-order valence-electron chi connectivity index (χ3n) is 4.66. The van der Waals surface area contributed by atoms with Gasteiger partial charge < -0.3 is 14.2 Å². The topological polar surface area (TPSA) is 85.7 Å². The Bertz CT molecular complexity index is 820. The number of ketones is 1. The molecule has 27 heavy (non-hydrogen) atoms. The first-order valence-electron chi connectivity index (χ1n) is 8.57. The van der Waals surface area contributed by atoms with Crippen molar-refractivity contribution in [1.82, 2.24) is 0 Å². The van der Waals surface area contributed by atoms with E-state index in [-0.39, 0.29) is 42.5 Å². The van der Waals surface area contributed by atoms with Gasteiger partial charge in [0.05, 0.1) is 6.61 Å². The fraction of sp³-hybridized carbons (Fsp3) is 0.421. The number of hydrogen-bond acceptors (Lipinski definition) is 6. The van der Waals surface area contributed by atoms with Crippen LogP contribution in [-0.2, 0) is 23.8 Å². The Hall–Kier alpha value is -2.61. The zero-order valence-corrected chi connectivity index (χ0v) is 14.7. The molecule has 1 heterocycles. The Morgan fingerprint density at radius 2 is 2.04 bits per heavy atom. The number of rotatable bonds is 5. The lowest BCUT2D eigenvalue weighted by atomic mass is 9.73. The van der Waals surface area contributed by atoms with Crippen LogP contribution in [0.4, 0.5) is 8.78 Å². The van der Waals surface area contributed by atoms with E-state index in [1.807, 2.05) is 0 Å². The second kappa shape index (κ2) is 7.96. The molecule has 2 atom stereocenters. The summed E-state index contributed by atoms with van der Waals surface area (Å²) in [4.78, 5) is 25.2. The summed E-state index contributed by atoms with van der Waals surface area (Å²) >= 11 is 0. The lowest BCUT2D eigenvalue weighted by Gasteiger charge is -2.35. The van der Waals surface area contributed by atoms with E-state index in [0.717, 1.165) is 12.1 Å². The average Bonchev–Trinajstić information content (AvgIpc) is 2.63. The lowest BCUT2D eigenvalue weighted by molar-refractivity contribution is -0.148. The molecule has 1 aliphatic heterocycles. The maximum Gasteiger partial charge on any atom is 0.319 e. The molecular formula is C19H19F2NO5. The first-order chi connectivity index (χ1) is 12.9. The summed E-state index contributed by atoms with van der Waals surface area (Å²) in [6.45, 7) is 0.124. The van der Waals surface area contributed by atoms with E-state index in [1.54, 1.807) is 0 Å². The largest absolute Gasteiger partial charge is 0.463 e. The van der Waals surface area contributed by atoms with Gasteiger partial charge in [-0.15, -0.1) is 0 Å². The SMILES string of the molecule is COCCOC(=O)C1C(=N)OC2=C(C(=O)CCC2)C1c1ccc(F)c(F)c1. The van der Waals surface area contributed by atoms with E-state index in [0.29, 0.717) is 18.6 Å². The quantitative estimate of drug-likeness (QED) is 0.628. The third kappa shape index (κ3) is 3.75. The molecule has 144 valence electrons. The molecule has 2 aliphatic rings. The molecule has 0 saturated heterocycles. The zero-order chi connectivity index (χ0) is 19.6. The fourth-order valence-electron chi connectivity index (χ4n) is 3.42. The summed E-state index contributed by atoms with van der Waals surface area (Å²) < 4.78 is 42.6. The third-order valence-corrected chi connectivity index (χ3v) is 4.66. The van der Waals surface area contributed by atoms with Crippen molar-refractivity contribution in [2.24, 2.45) is 5.92 Å². The van der Waals surface area contributed by atoms with Crippen molar-refractivity contribution in [3.63, 3.8) is 0 Å². The molecule has 0 radical (unpaired) electrons. The van der Waals surface area contributed by atoms with Gasteiger partial charge in [-0.25, -0.2) is 8.78 Å². The molecule has 6 nitrogen and oxygen atoms in total. The number of benzene rings is 1. The molecule has 3 rings (SSSR count). The van der Waals surface area contributed by atoms with E-state index in [4.69, 9.17) is 19.6 Å². The highest BCUT2D eigenvalue weighted by Gasteiger charge is 2.46. The molecule has 0 aromatic heterocycles. The van der Waals surface area contributed by atoms with Crippen LogP contribution in [0.3, 0.4) is 0 Å². The van der Waals surface area contributed by atoms with Crippen molar-refractivity contribution in [3.05, 3.63) is 46.7 Å². The molecule has 1 aromatic carbocycles. The van der Waals surface area contributed by atoms with E-state index in [1.165, 1.54) is 13.2 Å². The number of esters is 1. The summed E-state index contributed by atoms with van der Waals surface area (Å²) in [6.07, 6.45) is 1.27. The van der Waals surface area contributed by atoms with Crippen LogP contribution in [0, 0.1) is 23.0 Å². The number of carbonyl (C=O) groups is 2. The van der Waals surface area contributed by atoms with Gasteiger partial charge in [0.1, 0.15) is 18.3 Å². The van der Waals surface area contributed by atoms with Gasteiger partial charge in [0.2, 0.25) is 5.90 Å². The van der Waals surface area contributed by atoms with Gasteiger partial charge in [-0.3, -0.25) is 15.0 Å². The number of hydrogen-bond donors (Lipinski definition) is 1. The maximum atomic E-state index is 13.8. The van der Waals surface area contributed by atoms with Crippen LogP contribution in [0.25, 0.3) is 0 Å². The number of halogens is 2. The van der Waals surface area contributed by atoms with Gasteiger partial charge in [-0.05, 0) is 24.1 Å². The molecule has 0 bridgehead atoms. The number of allylic oxidation sites excluding steroid dienone is 2. The first kappa shape index (κ1) is 19.2. The second-order valence-electron chi connectivity index (χ2n) is 6.37. The van der Waals surface area contributed by atoms with Crippen LogP contribution in [0.5, 0.6) is 0 Å². The molecule has 0 amide bonds. The predicted molar refractivity (Wildman–Crippen MR) is 90.1 cm³/mol. The highest BCUT2D eigenvalue weighted by atomic mass is 19.2. The van der Waals surface area contributed by atoms with Crippen molar-refractivity contribution in [2.45, 2.75) is 25.2 Å². The van der Waals surface area contributed by atoms with E-state index < -0.39 is 29.4 Å². The van der Waals surface area contributed by atoms with Crippen LogP contribution in [0.15, 0.2) is 29.5 Å². The molecule has 0 fully saturated rings. The highest BCUT2D eigenvalue weighted by Crippen LogP contribution is 2.44. The molecule has 1 N–H and O–H groups in total. The number of Topliss-reactive ketones (excluding diaryl/α,β-unsaturated/α-hetero) is 1. The molecule has 0 spiro atoms. The Labute approximate surface area is 154 Å². The van der Waals surface area contributed by atoms with Crippen molar-refractivity contribution in [2.75, 3.05) is 20.3 Å². The highest BCUT2D eigenvalue weighted by molar-refractivity contribution is 6.06. The summed E-state index contributed by atoms with van der Waals surface area (Å²) in [5, 5.41) is 8.15. The van der Waals surface area contributed by atoms with Gasteiger partial charge in [0.25, 0.3) is 0 Å². The predicted octanol–water partition coefficient (Wildman–Crippen LogP) is 2.87. The molecule has 0 saturated carbocycles. The smallest absolute Gasteiger partial charge is 0.319 e. The lowest BCUT2D eigenvalue weighted by Crippen LogP contribution is -2.40. The first-order valence-corrected chi connectivity index (χ1v) is 8.57. The number of methoxy groups -OCH3 is 1. The minimum atomic E-state index is -1.26. The molecule has 1 aliphatic carbocycles. The van der Waals surface area contributed by atoms with Gasteiger partial charge in [-0.1, -0.05) is 6.07 Å². The van der Waals surface area contributed by atoms with Crippen molar-refractivity contribution in [3.8, 4) is 0 Å². The second-order valence-corrected chi connectivity index (χ2v) is 6.37. The van der Waals surface area contributed by atoms with E-state index in [2.05, 4.69) is 0 Å². The van der Waals surface area contributed by atoms with Crippen LogP contribution in [-0.4, -0.2) is 38.0 Å². The Morgan fingerprint density at radius 1 is 1.26 bits per heavy atom. The maximum absolute atomic E-state index is 13.8. The van der Waals surface area contributed by atoms with Crippen LogP contribution in [0.1, 0.15) is 30.7 Å². The van der Waals surface area contributed by atoms with Crippen molar-refractivity contribution >= 4 is 17.7 Å². The summed E-state index contributed by atoms with van der Waals surface area (Å²) in [6, 6.07) is 3.19. The number of ether oxygens (including phenoxy) is 3. The summed E-state index contributed by atoms with van der Waals surface area (Å²) in [5.41, 5.74) is 0.454. The minimum absolute atomic E-state index is 0.0382. The normalized spacial score (nSPS) is 22.3. The molecule has 1 aromatic rings. The molecular weight excluding hydrogens is 360 g/mol. The van der Waals surface area contributed by atoms with Crippen LogP contribution < -0.4 is 0 Å². The average molecular weight is 379 g/mol. The molecule has 2 unspecified atom stereocenters. The Kier molecular flexibility index (Phi) is 5.65. The Morgan fingerprint density at radius 3 is 2.74 bits per heavy atom.